The van der Waals surface area contributed by atoms with Crippen LogP contribution in [-0.4, -0.2) is 55.5 Å². The Balaban J connectivity index is 2.65. The fraction of sp³-hybridized carbons (Fsp3) is 0.923. The molecule has 6 heteroatoms. The van der Waals surface area contributed by atoms with Crippen LogP contribution in [0.25, 0.3) is 0 Å². The monoisotopic (exact) mass is 290 g/mol. The van der Waals surface area contributed by atoms with E-state index in [0.717, 1.165) is 19.5 Å². The number of hydrogen-bond donors (Lipinski definition) is 0. The minimum atomic E-state index is -3.35. The van der Waals surface area contributed by atoms with E-state index in [9.17, 15) is 13.2 Å². The Kier molecular flexibility index (Phi) is 5.38. The Bertz CT molecular complexity index is 410. The number of nitrogens with zero attached hydrogens (tertiary/aromatic N) is 2. The third-order valence-electron chi connectivity index (χ3n) is 3.61. The van der Waals surface area contributed by atoms with Crippen molar-refractivity contribution in [3.63, 3.8) is 0 Å². The summed E-state index contributed by atoms with van der Waals surface area (Å²) in [6, 6.07) is 0. The van der Waals surface area contributed by atoms with Crippen LogP contribution in [0, 0.1) is 11.8 Å². The van der Waals surface area contributed by atoms with Gasteiger partial charge in [0.25, 0.3) is 0 Å². The molecule has 2 unspecified atom stereocenters. The summed E-state index contributed by atoms with van der Waals surface area (Å²) in [5.41, 5.74) is 0. The summed E-state index contributed by atoms with van der Waals surface area (Å²) in [5, 5.41) is -0.496. The number of piperidine rings is 1. The molecular formula is C13H26N2O3S. The maximum absolute atomic E-state index is 12.2. The van der Waals surface area contributed by atoms with Gasteiger partial charge in [0.2, 0.25) is 15.9 Å². The number of likely N-dealkylation sites (tertiary alicyclic amines) is 1. The molecule has 5 nitrogen and oxygen atoms in total. The molecule has 0 aromatic carbocycles. The molecule has 1 aliphatic rings. The maximum atomic E-state index is 12.2. The predicted octanol–water partition coefficient (Wildman–Crippen LogP) is 1.16. The van der Waals surface area contributed by atoms with Crippen molar-refractivity contribution in [1.82, 2.24) is 9.21 Å². The summed E-state index contributed by atoms with van der Waals surface area (Å²) in [6.45, 7) is 8.93. The lowest BCUT2D eigenvalue weighted by atomic mass is 9.92. The van der Waals surface area contributed by atoms with Gasteiger partial charge in [-0.25, -0.2) is 8.42 Å². The van der Waals surface area contributed by atoms with Crippen LogP contribution in [0.3, 0.4) is 0 Å². The van der Waals surface area contributed by atoms with Crippen LogP contribution in [0.1, 0.15) is 34.1 Å². The summed E-state index contributed by atoms with van der Waals surface area (Å²) in [6.07, 6.45) is 1.13. The zero-order valence-corrected chi connectivity index (χ0v) is 13.4. The normalized spacial score (nSPS) is 25.1. The van der Waals surface area contributed by atoms with Gasteiger partial charge in [-0.05, 0) is 32.1 Å². The SMILES string of the molecule is CC1CC(C)CN(C(=O)CN(C)S(=O)(=O)C(C)C)C1. The van der Waals surface area contributed by atoms with E-state index < -0.39 is 15.3 Å². The van der Waals surface area contributed by atoms with Crippen molar-refractivity contribution in [2.24, 2.45) is 11.8 Å². The largest absolute Gasteiger partial charge is 0.341 e. The first-order chi connectivity index (χ1) is 8.64. The number of rotatable bonds is 4. The Morgan fingerprint density at radius 2 is 1.74 bits per heavy atom. The smallest absolute Gasteiger partial charge is 0.237 e. The molecule has 1 aliphatic heterocycles. The fourth-order valence-corrected chi connectivity index (χ4v) is 3.62. The molecule has 0 aromatic rings. The second-order valence-corrected chi connectivity index (χ2v) is 8.69. The maximum Gasteiger partial charge on any atom is 0.237 e. The van der Waals surface area contributed by atoms with Gasteiger partial charge < -0.3 is 4.90 Å². The number of carbonyl (C=O) groups excluding carboxylic acids is 1. The number of sulfonamides is 1. The van der Waals surface area contributed by atoms with Gasteiger partial charge >= 0.3 is 0 Å². The molecule has 0 aliphatic carbocycles. The minimum Gasteiger partial charge on any atom is -0.341 e. The van der Waals surface area contributed by atoms with E-state index >= 15 is 0 Å². The van der Waals surface area contributed by atoms with Crippen LogP contribution < -0.4 is 0 Å². The number of amides is 1. The lowest BCUT2D eigenvalue weighted by Crippen LogP contribution is -2.48. The van der Waals surface area contributed by atoms with Crippen molar-refractivity contribution in [1.29, 1.82) is 0 Å². The van der Waals surface area contributed by atoms with Crippen LogP contribution in [0.4, 0.5) is 0 Å². The lowest BCUT2D eigenvalue weighted by Gasteiger charge is -2.35. The van der Waals surface area contributed by atoms with E-state index in [-0.39, 0.29) is 12.5 Å². The van der Waals surface area contributed by atoms with Crippen LogP contribution in [0.2, 0.25) is 0 Å². The van der Waals surface area contributed by atoms with Crippen LogP contribution in [-0.2, 0) is 14.8 Å². The van der Waals surface area contributed by atoms with Crippen molar-refractivity contribution in [3.8, 4) is 0 Å². The molecular weight excluding hydrogens is 264 g/mol. The number of carbonyl (C=O) groups is 1. The minimum absolute atomic E-state index is 0.0556. The first kappa shape index (κ1) is 16.4. The molecule has 112 valence electrons. The topological polar surface area (TPSA) is 57.7 Å². The summed E-state index contributed by atoms with van der Waals surface area (Å²) >= 11 is 0. The molecule has 19 heavy (non-hydrogen) atoms. The van der Waals surface area contributed by atoms with Crippen molar-refractivity contribution in [2.45, 2.75) is 39.4 Å². The first-order valence-electron chi connectivity index (χ1n) is 6.87. The molecule has 0 N–H and O–H groups in total. The highest BCUT2D eigenvalue weighted by atomic mass is 32.2. The van der Waals surface area contributed by atoms with Gasteiger partial charge in [-0.1, -0.05) is 13.8 Å². The second kappa shape index (κ2) is 6.22. The van der Waals surface area contributed by atoms with Gasteiger partial charge in [0.05, 0.1) is 11.8 Å². The predicted molar refractivity (Wildman–Crippen MR) is 76.2 cm³/mol. The number of hydrogen-bond acceptors (Lipinski definition) is 3. The molecule has 0 spiro atoms. The van der Waals surface area contributed by atoms with Crippen LogP contribution in [0.15, 0.2) is 0 Å². The first-order valence-corrected chi connectivity index (χ1v) is 8.37. The highest BCUT2D eigenvalue weighted by Crippen LogP contribution is 2.21. The Hall–Kier alpha value is -0.620. The quantitative estimate of drug-likeness (QED) is 0.780. The standard InChI is InChI=1S/C13H26N2O3S/c1-10(2)19(17,18)14(5)9-13(16)15-7-11(3)6-12(4)8-15/h10-12H,6-9H2,1-5H3. The summed E-state index contributed by atoms with van der Waals surface area (Å²) in [4.78, 5) is 14.0. The van der Waals surface area contributed by atoms with Gasteiger partial charge in [0.15, 0.2) is 0 Å². The highest BCUT2D eigenvalue weighted by molar-refractivity contribution is 7.89. The van der Waals surface area contributed by atoms with Gasteiger partial charge in [0.1, 0.15) is 0 Å². The van der Waals surface area contributed by atoms with Crippen molar-refractivity contribution in [3.05, 3.63) is 0 Å². The van der Waals surface area contributed by atoms with Gasteiger partial charge in [-0.15, -0.1) is 0 Å². The van der Waals surface area contributed by atoms with E-state index in [1.165, 1.54) is 11.4 Å². The van der Waals surface area contributed by atoms with E-state index in [4.69, 9.17) is 0 Å². The molecule has 1 fully saturated rings. The molecule has 0 aromatic heterocycles. The number of likely N-dealkylation sites (N-methyl/N-ethyl adjacent to an activating group) is 1. The molecule has 0 bridgehead atoms. The summed E-state index contributed by atoms with van der Waals surface area (Å²) in [5.74, 6) is 0.879. The van der Waals surface area contributed by atoms with E-state index in [2.05, 4.69) is 13.8 Å². The van der Waals surface area contributed by atoms with E-state index in [1.54, 1.807) is 18.7 Å². The van der Waals surface area contributed by atoms with Crippen molar-refractivity contribution < 1.29 is 13.2 Å². The second-order valence-electron chi connectivity index (χ2n) is 6.09. The average Bonchev–Trinajstić information content (AvgIpc) is 2.27. The third-order valence-corrected chi connectivity index (χ3v) is 5.80. The Labute approximate surface area is 117 Å². The summed E-state index contributed by atoms with van der Waals surface area (Å²) in [7, 11) is -1.88. The lowest BCUT2D eigenvalue weighted by molar-refractivity contribution is -0.133. The van der Waals surface area contributed by atoms with Crippen LogP contribution in [0.5, 0.6) is 0 Å². The van der Waals surface area contributed by atoms with Crippen molar-refractivity contribution >= 4 is 15.9 Å². The Morgan fingerprint density at radius 3 is 2.16 bits per heavy atom. The molecule has 1 amide bonds. The molecule has 2 atom stereocenters. The summed E-state index contributed by atoms with van der Waals surface area (Å²) < 4.78 is 25.0. The zero-order valence-electron chi connectivity index (χ0n) is 12.6. The molecule has 0 saturated carbocycles. The van der Waals surface area contributed by atoms with Crippen LogP contribution >= 0.6 is 0 Å². The molecule has 1 saturated heterocycles. The van der Waals surface area contributed by atoms with Gasteiger partial charge in [-0.2, -0.15) is 4.31 Å². The third kappa shape index (κ3) is 4.18. The fourth-order valence-electron chi connectivity index (χ4n) is 2.61. The molecule has 0 radical (unpaired) electrons. The van der Waals surface area contributed by atoms with Crippen molar-refractivity contribution in [2.75, 3.05) is 26.7 Å². The zero-order chi connectivity index (χ0) is 14.8. The Morgan fingerprint density at radius 1 is 1.26 bits per heavy atom. The highest BCUT2D eigenvalue weighted by Gasteiger charge is 2.29. The van der Waals surface area contributed by atoms with Gasteiger partial charge in [0, 0.05) is 20.1 Å². The van der Waals surface area contributed by atoms with Gasteiger partial charge in [-0.3, -0.25) is 4.79 Å². The van der Waals surface area contributed by atoms with E-state index in [1.807, 2.05) is 0 Å². The molecule has 1 heterocycles. The average molecular weight is 290 g/mol. The molecule has 1 rings (SSSR count). The van der Waals surface area contributed by atoms with E-state index in [0.29, 0.717) is 11.8 Å².